The summed E-state index contributed by atoms with van der Waals surface area (Å²) in [5, 5.41) is 0. The van der Waals surface area contributed by atoms with Crippen molar-refractivity contribution in [2.24, 2.45) is 5.41 Å². The minimum Gasteiger partial charge on any atom is -0.493 e. The zero-order valence-corrected chi connectivity index (χ0v) is 12.1. The number of para-hydroxylation sites is 1. The minimum absolute atomic E-state index is 0.0717. The molecule has 0 aliphatic carbocycles. The van der Waals surface area contributed by atoms with E-state index < -0.39 is 14.5 Å². The van der Waals surface area contributed by atoms with E-state index in [9.17, 15) is 8.42 Å². The second kappa shape index (κ2) is 6.11. The Balaban J connectivity index is 2.05. The van der Waals surface area contributed by atoms with E-state index in [4.69, 9.17) is 20.2 Å². The lowest BCUT2D eigenvalue weighted by Gasteiger charge is -2.35. The van der Waals surface area contributed by atoms with Crippen LogP contribution in [-0.4, -0.2) is 34.0 Å². The van der Waals surface area contributed by atoms with E-state index in [2.05, 4.69) is 0 Å². The van der Waals surface area contributed by atoms with Gasteiger partial charge in [-0.3, -0.25) is 0 Å². The van der Waals surface area contributed by atoms with Gasteiger partial charge < -0.3 is 9.47 Å². The number of hydrogen-bond acceptors (Lipinski definition) is 4. The van der Waals surface area contributed by atoms with Crippen molar-refractivity contribution in [2.75, 3.05) is 25.6 Å². The van der Waals surface area contributed by atoms with Crippen molar-refractivity contribution in [3.63, 3.8) is 0 Å². The summed E-state index contributed by atoms with van der Waals surface area (Å²) < 4.78 is 33.8. The van der Waals surface area contributed by atoms with Crippen LogP contribution in [0.2, 0.25) is 0 Å². The summed E-state index contributed by atoms with van der Waals surface area (Å²) in [4.78, 5) is 0. The van der Waals surface area contributed by atoms with Crippen LogP contribution in [0.25, 0.3) is 0 Å². The molecule has 0 bridgehead atoms. The zero-order chi connectivity index (χ0) is 13.8. The van der Waals surface area contributed by atoms with Gasteiger partial charge in [0, 0.05) is 29.3 Å². The molecule has 0 amide bonds. The van der Waals surface area contributed by atoms with E-state index in [0.717, 1.165) is 5.75 Å². The fourth-order valence-corrected chi connectivity index (χ4v) is 4.05. The first-order chi connectivity index (χ1) is 8.99. The van der Waals surface area contributed by atoms with Crippen molar-refractivity contribution in [1.82, 2.24) is 0 Å². The predicted molar refractivity (Wildman–Crippen MR) is 74.1 cm³/mol. The van der Waals surface area contributed by atoms with Gasteiger partial charge in [0.05, 0.1) is 12.4 Å². The number of rotatable bonds is 5. The molecule has 1 aliphatic heterocycles. The van der Waals surface area contributed by atoms with Gasteiger partial charge in [0.25, 0.3) is 0 Å². The van der Waals surface area contributed by atoms with Gasteiger partial charge in [-0.05, 0) is 25.0 Å². The highest BCUT2D eigenvalue weighted by Gasteiger charge is 2.37. The molecule has 6 heteroatoms. The molecule has 1 saturated heterocycles. The summed E-state index contributed by atoms with van der Waals surface area (Å²) in [6.07, 6.45) is 1.29. The van der Waals surface area contributed by atoms with Gasteiger partial charge in [0.15, 0.2) is 0 Å². The van der Waals surface area contributed by atoms with Gasteiger partial charge in [-0.15, -0.1) is 0 Å². The van der Waals surface area contributed by atoms with Crippen LogP contribution >= 0.6 is 10.7 Å². The predicted octanol–water partition coefficient (Wildman–Crippen LogP) is 2.43. The molecule has 1 aliphatic rings. The number of ether oxygens (including phenoxy) is 2. The Hall–Kier alpha value is -0.780. The topological polar surface area (TPSA) is 52.6 Å². The van der Waals surface area contributed by atoms with E-state index in [1.165, 1.54) is 0 Å². The van der Waals surface area contributed by atoms with Crippen molar-refractivity contribution in [2.45, 2.75) is 12.8 Å². The molecule has 106 valence electrons. The first-order valence-corrected chi connectivity index (χ1v) is 8.65. The van der Waals surface area contributed by atoms with Crippen LogP contribution < -0.4 is 4.74 Å². The average Bonchev–Trinajstić information content (AvgIpc) is 2.37. The first-order valence-electron chi connectivity index (χ1n) is 6.17. The number of benzene rings is 1. The monoisotopic (exact) mass is 304 g/mol. The lowest BCUT2D eigenvalue weighted by molar-refractivity contribution is 0.00228. The Morgan fingerprint density at radius 1 is 1.21 bits per heavy atom. The maximum atomic E-state index is 11.4. The molecule has 0 saturated carbocycles. The second-order valence-corrected chi connectivity index (χ2v) is 7.67. The SMILES string of the molecule is O=S(=O)(Cl)CC1(COc2ccccc2)CCOCC1. The van der Waals surface area contributed by atoms with Crippen LogP contribution in [0, 0.1) is 5.41 Å². The van der Waals surface area contributed by atoms with Crippen molar-refractivity contribution in [3.8, 4) is 5.75 Å². The van der Waals surface area contributed by atoms with Gasteiger partial charge >= 0.3 is 0 Å². The Kier molecular flexibility index (Phi) is 4.71. The van der Waals surface area contributed by atoms with E-state index in [-0.39, 0.29) is 5.75 Å². The van der Waals surface area contributed by atoms with Gasteiger partial charge in [-0.1, -0.05) is 18.2 Å². The molecule has 0 aromatic heterocycles. The normalized spacial score (nSPS) is 19.0. The highest BCUT2D eigenvalue weighted by Crippen LogP contribution is 2.34. The number of hydrogen-bond donors (Lipinski definition) is 0. The Morgan fingerprint density at radius 3 is 2.42 bits per heavy atom. The Labute approximate surface area is 118 Å². The largest absolute Gasteiger partial charge is 0.493 e. The molecule has 1 fully saturated rings. The van der Waals surface area contributed by atoms with E-state index in [1.54, 1.807) is 0 Å². The van der Waals surface area contributed by atoms with Gasteiger partial charge in [0.1, 0.15) is 5.75 Å². The summed E-state index contributed by atoms with van der Waals surface area (Å²) in [6, 6.07) is 9.36. The Morgan fingerprint density at radius 2 is 1.84 bits per heavy atom. The fourth-order valence-electron chi connectivity index (χ4n) is 2.25. The summed E-state index contributed by atoms with van der Waals surface area (Å²) in [7, 11) is 1.86. The molecule has 1 heterocycles. The molecule has 1 aromatic carbocycles. The zero-order valence-electron chi connectivity index (χ0n) is 10.5. The maximum Gasteiger partial charge on any atom is 0.233 e. The third kappa shape index (κ3) is 4.67. The lowest BCUT2D eigenvalue weighted by atomic mass is 9.83. The van der Waals surface area contributed by atoms with Crippen molar-refractivity contribution < 1.29 is 17.9 Å². The van der Waals surface area contributed by atoms with E-state index in [1.807, 2.05) is 30.3 Å². The van der Waals surface area contributed by atoms with Crippen molar-refractivity contribution in [3.05, 3.63) is 30.3 Å². The van der Waals surface area contributed by atoms with Gasteiger partial charge in [-0.25, -0.2) is 8.42 Å². The summed E-state index contributed by atoms with van der Waals surface area (Å²) in [5.41, 5.74) is -0.450. The smallest absolute Gasteiger partial charge is 0.233 e. The summed E-state index contributed by atoms with van der Waals surface area (Å²) >= 11 is 0. The molecule has 0 atom stereocenters. The van der Waals surface area contributed by atoms with Crippen LogP contribution in [0.3, 0.4) is 0 Å². The van der Waals surface area contributed by atoms with Crippen LogP contribution in [0.5, 0.6) is 5.75 Å². The number of halogens is 1. The highest BCUT2D eigenvalue weighted by atomic mass is 35.7. The van der Waals surface area contributed by atoms with E-state index >= 15 is 0 Å². The van der Waals surface area contributed by atoms with Crippen molar-refractivity contribution >= 4 is 19.7 Å². The second-order valence-electron chi connectivity index (χ2n) is 4.90. The first kappa shape index (κ1) is 14.6. The maximum absolute atomic E-state index is 11.4. The molecular formula is C13H17ClO4S. The third-order valence-corrected chi connectivity index (χ3v) is 4.60. The van der Waals surface area contributed by atoms with Crippen molar-refractivity contribution in [1.29, 1.82) is 0 Å². The Bertz CT molecular complexity index is 495. The van der Waals surface area contributed by atoms with Gasteiger partial charge in [-0.2, -0.15) is 0 Å². The van der Waals surface area contributed by atoms with Crippen LogP contribution in [0.15, 0.2) is 30.3 Å². The molecular weight excluding hydrogens is 288 g/mol. The molecule has 0 N–H and O–H groups in total. The standard InChI is InChI=1S/C13H17ClO4S/c14-19(15,16)11-13(6-8-17-9-7-13)10-18-12-4-2-1-3-5-12/h1-5H,6-11H2. The lowest BCUT2D eigenvalue weighted by Crippen LogP contribution is -2.40. The average molecular weight is 305 g/mol. The highest BCUT2D eigenvalue weighted by molar-refractivity contribution is 8.13. The van der Waals surface area contributed by atoms with Gasteiger partial charge in [0.2, 0.25) is 9.05 Å². The van der Waals surface area contributed by atoms with E-state index in [0.29, 0.717) is 32.7 Å². The molecule has 19 heavy (non-hydrogen) atoms. The quantitative estimate of drug-likeness (QED) is 0.784. The summed E-state index contributed by atoms with van der Waals surface area (Å²) in [5.74, 6) is 0.665. The third-order valence-electron chi connectivity index (χ3n) is 3.32. The molecule has 0 unspecified atom stereocenters. The molecule has 4 nitrogen and oxygen atoms in total. The summed E-state index contributed by atoms with van der Waals surface area (Å²) in [6.45, 7) is 1.43. The van der Waals surface area contributed by atoms with Crippen LogP contribution in [0.1, 0.15) is 12.8 Å². The van der Waals surface area contributed by atoms with Crippen LogP contribution in [0.4, 0.5) is 0 Å². The fraction of sp³-hybridized carbons (Fsp3) is 0.538. The molecule has 0 radical (unpaired) electrons. The molecule has 1 aromatic rings. The van der Waals surface area contributed by atoms with Crippen LogP contribution in [-0.2, 0) is 13.8 Å². The minimum atomic E-state index is -3.55. The molecule has 0 spiro atoms. The molecule has 2 rings (SSSR count).